The number of allylic oxidation sites excluding steroid dienone is 1. The molecule has 1 fully saturated rings. The van der Waals surface area contributed by atoms with Gasteiger partial charge in [-0.25, -0.2) is 0 Å². The fourth-order valence-electron chi connectivity index (χ4n) is 4.16. The van der Waals surface area contributed by atoms with Crippen molar-refractivity contribution in [2.75, 3.05) is 33.2 Å². The second-order valence-corrected chi connectivity index (χ2v) is 8.92. The Bertz CT molecular complexity index is 1030. The molecule has 0 aromatic heterocycles. The van der Waals surface area contributed by atoms with Crippen LogP contribution in [0, 0.1) is 0 Å². The lowest BCUT2D eigenvalue weighted by atomic mass is 9.92. The number of likely N-dealkylation sites (N-methyl/N-ethyl adjacent to an activating group) is 1. The predicted octanol–water partition coefficient (Wildman–Crippen LogP) is 3.90. The molecule has 0 bridgehead atoms. The molecule has 2 aromatic rings. The predicted molar refractivity (Wildman–Crippen MR) is 123 cm³/mol. The van der Waals surface area contributed by atoms with Crippen molar-refractivity contribution in [1.82, 2.24) is 9.80 Å². The number of nitrogens with zero attached hydrogens (tertiary/aromatic N) is 2. The highest BCUT2D eigenvalue weighted by Crippen LogP contribution is 2.35. The first-order valence-corrected chi connectivity index (χ1v) is 11.6. The first-order chi connectivity index (χ1) is 16.7. The third-order valence-electron chi connectivity index (χ3n) is 6.37. The summed E-state index contributed by atoms with van der Waals surface area (Å²) in [4.78, 5) is 17.1. The van der Waals surface area contributed by atoms with E-state index in [0.29, 0.717) is 25.1 Å². The van der Waals surface area contributed by atoms with Crippen LogP contribution in [0.4, 0.5) is 13.2 Å². The zero-order valence-electron chi connectivity index (χ0n) is 19.5. The molecule has 2 atom stereocenters. The Morgan fingerprint density at radius 1 is 1.03 bits per heavy atom. The van der Waals surface area contributed by atoms with Crippen LogP contribution in [-0.2, 0) is 33.7 Å². The molecule has 9 heteroatoms. The zero-order valence-corrected chi connectivity index (χ0v) is 19.5. The molecule has 2 aliphatic rings. The molecule has 1 N–H and O–H groups in total. The molecule has 2 heterocycles. The smallest absolute Gasteiger partial charge is 0.416 e. The third-order valence-corrected chi connectivity index (χ3v) is 6.37. The second kappa shape index (κ2) is 10.8. The van der Waals surface area contributed by atoms with E-state index in [1.165, 1.54) is 12.1 Å². The molecule has 0 saturated carbocycles. The Balaban J connectivity index is 1.52. The zero-order chi connectivity index (χ0) is 25.0. The van der Waals surface area contributed by atoms with E-state index >= 15 is 0 Å². The van der Waals surface area contributed by atoms with E-state index in [1.54, 1.807) is 23.1 Å². The Morgan fingerprint density at radius 2 is 1.66 bits per heavy atom. The number of amides is 1. The fraction of sp³-hybridized carbons (Fsp3) is 0.423. The first kappa shape index (κ1) is 25.2. The van der Waals surface area contributed by atoms with E-state index in [0.717, 1.165) is 36.3 Å². The molecule has 1 amide bonds. The average molecular weight is 491 g/mol. The SMILES string of the molecule is CN1CCN(C(=O)C2=C[C@@H](c3ccc(C(F)(F)F)cc3)C[C@@H](OCc3ccc(CO)cc3)O2)CC1. The summed E-state index contributed by atoms with van der Waals surface area (Å²) in [7, 11) is 2.00. The number of carbonyl (C=O) groups is 1. The van der Waals surface area contributed by atoms with Crippen molar-refractivity contribution in [2.45, 2.75) is 38.0 Å². The van der Waals surface area contributed by atoms with E-state index in [1.807, 2.05) is 19.2 Å². The number of piperazine rings is 1. The summed E-state index contributed by atoms with van der Waals surface area (Å²) in [5.41, 5.74) is 1.60. The van der Waals surface area contributed by atoms with Crippen LogP contribution in [0.25, 0.3) is 0 Å². The number of aliphatic hydroxyl groups excluding tert-OH is 1. The summed E-state index contributed by atoms with van der Waals surface area (Å²) in [6.45, 7) is 2.83. The number of benzene rings is 2. The van der Waals surface area contributed by atoms with Crippen molar-refractivity contribution >= 4 is 5.91 Å². The van der Waals surface area contributed by atoms with E-state index < -0.39 is 18.0 Å². The number of hydrogen-bond donors (Lipinski definition) is 1. The van der Waals surface area contributed by atoms with Crippen LogP contribution in [0.2, 0.25) is 0 Å². The molecule has 0 radical (unpaired) electrons. The molecule has 188 valence electrons. The molecular weight excluding hydrogens is 461 g/mol. The summed E-state index contributed by atoms with van der Waals surface area (Å²) in [6.07, 6.45) is -3.10. The van der Waals surface area contributed by atoms with E-state index in [-0.39, 0.29) is 30.8 Å². The minimum Gasteiger partial charge on any atom is -0.459 e. The highest BCUT2D eigenvalue weighted by Gasteiger charge is 2.33. The molecule has 2 aromatic carbocycles. The van der Waals surface area contributed by atoms with Gasteiger partial charge in [-0.3, -0.25) is 4.79 Å². The molecule has 35 heavy (non-hydrogen) atoms. The van der Waals surface area contributed by atoms with Crippen molar-refractivity contribution < 1.29 is 32.5 Å². The number of carbonyl (C=O) groups excluding carboxylic acids is 1. The van der Waals surface area contributed by atoms with Gasteiger partial charge in [0.05, 0.1) is 18.8 Å². The Morgan fingerprint density at radius 3 is 2.26 bits per heavy atom. The molecule has 6 nitrogen and oxygen atoms in total. The Kier molecular flexibility index (Phi) is 7.78. The standard InChI is InChI=1S/C26H29F3N2O4/c1-30-10-12-31(13-11-30)25(33)23-14-21(20-6-8-22(9-7-20)26(27,28)29)15-24(35-23)34-17-19-4-2-18(16-32)3-5-19/h2-9,14,21,24,32H,10-13,15-17H2,1H3/t21-,24+/m1/s1. The maximum absolute atomic E-state index is 13.2. The van der Waals surface area contributed by atoms with Crippen LogP contribution in [0.15, 0.2) is 60.4 Å². The topological polar surface area (TPSA) is 62.2 Å². The lowest BCUT2D eigenvalue weighted by Gasteiger charge is -2.35. The number of aliphatic hydroxyl groups is 1. The van der Waals surface area contributed by atoms with Gasteiger partial charge >= 0.3 is 6.18 Å². The van der Waals surface area contributed by atoms with Gasteiger partial charge in [0.25, 0.3) is 5.91 Å². The normalized spacial score (nSPS) is 21.4. The van der Waals surface area contributed by atoms with Gasteiger partial charge in [-0.15, -0.1) is 0 Å². The lowest BCUT2D eigenvalue weighted by molar-refractivity contribution is -0.156. The molecular formula is C26H29F3N2O4. The van der Waals surface area contributed by atoms with Gasteiger partial charge in [0.2, 0.25) is 6.29 Å². The summed E-state index contributed by atoms with van der Waals surface area (Å²) in [5, 5.41) is 9.21. The van der Waals surface area contributed by atoms with Crippen molar-refractivity contribution in [3.05, 3.63) is 82.6 Å². The fourth-order valence-corrected chi connectivity index (χ4v) is 4.16. The van der Waals surface area contributed by atoms with Gasteiger partial charge < -0.3 is 24.4 Å². The number of alkyl halides is 3. The van der Waals surface area contributed by atoms with E-state index in [9.17, 15) is 23.1 Å². The van der Waals surface area contributed by atoms with Crippen molar-refractivity contribution in [2.24, 2.45) is 0 Å². The minimum atomic E-state index is -4.41. The summed E-state index contributed by atoms with van der Waals surface area (Å²) < 4.78 is 51.0. The van der Waals surface area contributed by atoms with Crippen molar-refractivity contribution in [3.63, 3.8) is 0 Å². The van der Waals surface area contributed by atoms with E-state index in [2.05, 4.69) is 4.90 Å². The van der Waals surface area contributed by atoms with Gasteiger partial charge in [0.1, 0.15) is 0 Å². The monoisotopic (exact) mass is 490 g/mol. The van der Waals surface area contributed by atoms with Gasteiger partial charge in [-0.05, 0) is 41.9 Å². The van der Waals surface area contributed by atoms with Gasteiger partial charge in [-0.2, -0.15) is 13.2 Å². The maximum Gasteiger partial charge on any atom is 0.416 e. The quantitative estimate of drug-likeness (QED) is 0.666. The number of ether oxygens (including phenoxy) is 2. The molecule has 0 unspecified atom stereocenters. The van der Waals surface area contributed by atoms with Crippen LogP contribution in [0.1, 0.15) is 34.6 Å². The average Bonchev–Trinajstić information content (AvgIpc) is 2.87. The van der Waals surface area contributed by atoms with Gasteiger partial charge in [0.15, 0.2) is 5.76 Å². The van der Waals surface area contributed by atoms with Crippen LogP contribution in [-0.4, -0.2) is 60.3 Å². The molecule has 2 aliphatic heterocycles. The molecule has 1 saturated heterocycles. The number of halogens is 3. The number of hydrogen-bond acceptors (Lipinski definition) is 5. The molecule has 0 aliphatic carbocycles. The van der Waals surface area contributed by atoms with Crippen LogP contribution in [0.3, 0.4) is 0 Å². The number of rotatable bonds is 6. The second-order valence-electron chi connectivity index (χ2n) is 8.92. The van der Waals surface area contributed by atoms with Crippen LogP contribution < -0.4 is 0 Å². The summed E-state index contributed by atoms with van der Waals surface area (Å²) >= 11 is 0. The van der Waals surface area contributed by atoms with E-state index in [4.69, 9.17) is 9.47 Å². The van der Waals surface area contributed by atoms with Crippen molar-refractivity contribution in [3.8, 4) is 0 Å². The molecule has 4 rings (SSSR count). The van der Waals surface area contributed by atoms with Crippen molar-refractivity contribution in [1.29, 1.82) is 0 Å². The molecule has 0 spiro atoms. The maximum atomic E-state index is 13.2. The van der Waals surface area contributed by atoms with Gasteiger partial charge in [-0.1, -0.05) is 36.4 Å². The lowest BCUT2D eigenvalue weighted by Crippen LogP contribution is -2.48. The Labute approximate surface area is 202 Å². The highest BCUT2D eigenvalue weighted by molar-refractivity contribution is 5.92. The van der Waals surface area contributed by atoms with Gasteiger partial charge in [0, 0.05) is 38.5 Å². The van der Waals surface area contributed by atoms with Crippen LogP contribution in [0.5, 0.6) is 0 Å². The third kappa shape index (κ3) is 6.42. The largest absolute Gasteiger partial charge is 0.459 e. The Hall–Kier alpha value is -2.88. The first-order valence-electron chi connectivity index (χ1n) is 11.6. The highest BCUT2D eigenvalue weighted by atomic mass is 19.4. The summed E-state index contributed by atoms with van der Waals surface area (Å²) in [6, 6.07) is 12.3. The van der Waals surface area contributed by atoms with Crippen LogP contribution >= 0.6 is 0 Å². The summed E-state index contributed by atoms with van der Waals surface area (Å²) in [5.74, 6) is -0.416. The minimum absolute atomic E-state index is 0.0513.